The van der Waals surface area contributed by atoms with E-state index in [1.807, 2.05) is 23.1 Å². The maximum atomic E-state index is 14.1. The second-order valence-corrected chi connectivity index (χ2v) is 5.99. The van der Waals surface area contributed by atoms with E-state index in [-0.39, 0.29) is 5.82 Å². The number of fused-ring (bicyclic) bond motifs is 1. The van der Waals surface area contributed by atoms with Crippen molar-refractivity contribution in [2.45, 2.75) is 11.7 Å². The molecule has 0 aliphatic carbocycles. The van der Waals surface area contributed by atoms with Crippen LogP contribution in [0.2, 0.25) is 5.02 Å². The molecule has 0 spiro atoms. The third-order valence-corrected chi connectivity index (χ3v) is 4.23. The standard InChI is InChI=1S/C14H14ClFN4S/c1-19-8-20(12-10(15)4-3-5-11(12)16)7-9-6-17-14(21-2)18-13(9)19/h3-6H,7-8H2,1-2H3. The van der Waals surface area contributed by atoms with Gasteiger partial charge in [0.15, 0.2) is 5.16 Å². The molecule has 0 unspecified atom stereocenters. The van der Waals surface area contributed by atoms with Crippen LogP contribution in [0.4, 0.5) is 15.9 Å². The molecule has 7 heteroatoms. The van der Waals surface area contributed by atoms with Crippen molar-refractivity contribution in [1.29, 1.82) is 0 Å². The van der Waals surface area contributed by atoms with E-state index in [2.05, 4.69) is 9.97 Å². The van der Waals surface area contributed by atoms with Crippen LogP contribution in [0.25, 0.3) is 0 Å². The molecule has 0 atom stereocenters. The molecule has 0 fully saturated rings. The number of nitrogens with zero attached hydrogens (tertiary/aromatic N) is 4. The number of para-hydroxylation sites is 1. The zero-order valence-corrected chi connectivity index (χ0v) is 13.2. The smallest absolute Gasteiger partial charge is 0.189 e. The van der Waals surface area contributed by atoms with Gasteiger partial charge in [-0.25, -0.2) is 14.4 Å². The first kappa shape index (κ1) is 14.4. The fraction of sp³-hybridized carbons (Fsp3) is 0.286. The highest BCUT2D eigenvalue weighted by Crippen LogP contribution is 2.34. The number of halogens is 2. The number of aromatic nitrogens is 2. The van der Waals surface area contributed by atoms with Crippen molar-refractivity contribution < 1.29 is 4.39 Å². The van der Waals surface area contributed by atoms with Crippen molar-refractivity contribution in [2.24, 2.45) is 0 Å². The van der Waals surface area contributed by atoms with Gasteiger partial charge in [-0.2, -0.15) is 0 Å². The Morgan fingerprint density at radius 2 is 2.19 bits per heavy atom. The molecule has 0 amide bonds. The van der Waals surface area contributed by atoms with Crippen LogP contribution in [0.3, 0.4) is 0 Å². The minimum atomic E-state index is -0.319. The largest absolute Gasteiger partial charge is 0.346 e. The predicted molar refractivity (Wildman–Crippen MR) is 84.7 cm³/mol. The third-order valence-electron chi connectivity index (χ3n) is 3.36. The monoisotopic (exact) mass is 324 g/mol. The fourth-order valence-electron chi connectivity index (χ4n) is 2.44. The average Bonchev–Trinajstić information content (AvgIpc) is 2.47. The van der Waals surface area contributed by atoms with Crippen molar-refractivity contribution in [3.05, 3.63) is 40.8 Å². The first-order valence-corrected chi connectivity index (χ1v) is 8.00. The van der Waals surface area contributed by atoms with Gasteiger partial charge in [0.1, 0.15) is 11.6 Å². The minimum Gasteiger partial charge on any atom is -0.346 e. The highest BCUT2D eigenvalue weighted by atomic mass is 35.5. The molecule has 0 saturated carbocycles. The summed E-state index contributed by atoms with van der Waals surface area (Å²) in [6.45, 7) is 1.06. The molecule has 21 heavy (non-hydrogen) atoms. The van der Waals surface area contributed by atoms with E-state index in [1.54, 1.807) is 18.3 Å². The highest BCUT2D eigenvalue weighted by molar-refractivity contribution is 7.98. The van der Waals surface area contributed by atoms with E-state index in [1.165, 1.54) is 17.8 Å². The fourth-order valence-corrected chi connectivity index (χ4v) is 3.06. The Morgan fingerprint density at radius 3 is 2.90 bits per heavy atom. The van der Waals surface area contributed by atoms with E-state index in [4.69, 9.17) is 11.6 Å². The van der Waals surface area contributed by atoms with Crippen LogP contribution < -0.4 is 9.80 Å². The lowest BCUT2D eigenvalue weighted by Crippen LogP contribution is -2.41. The molecule has 1 aromatic heterocycles. The Kier molecular flexibility index (Phi) is 3.91. The van der Waals surface area contributed by atoms with Crippen molar-refractivity contribution >= 4 is 34.9 Å². The van der Waals surface area contributed by atoms with Crippen molar-refractivity contribution in [3.8, 4) is 0 Å². The van der Waals surface area contributed by atoms with Crippen LogP contribution in [0.5, 0.6) is 0 Å². The van der Waals surface area contributed by atoms with Gasteiger partial charge in [0.05, 0.1) is 23.9 Å². The van der Waals surface area contributed by atoms with E-state index in [0.29, 0.717) is 23.9 Å². The van der Waals surface area contributed by atoms with E-state index in [9.17, 15) is 4.39 Å². The molecule has 0 saturated heterocycles. The van der Waals surface area contributed by atoms with E-state index in [0.717, 1.165) is 16.5 Å². The Bertz CT molecular complexity index is 662. The van der Waals surface area contributed by atoms with Gasteiger partial charge >= 0.3 is 0 Å². The van der Waals surface area contributed by atoms with Crippen LogP contribution >= 0.6 is 23.4 Å². The second kappa shape index (κ2) is 5.69. The third kappa shape index (κ3) is 2.65. The Hall–Kier alpha value is -1.53. The molecule has 1 aliphatic heterocycles. The lowest BCUT2D eigenvalue weighted by Gasteiger charge is -2.37. The number of hydrogen-bond donors (Lipinski definition) is 0. The lowest BCUT2D eigenvalue weighted by atomic mass is 10.2. The maximum Gasteiger partial charge on any atom is 0.189 e. The molecular weight excluding hydrogens is 311 g/mol. The van der Waals surface area contributed by atoms with Crippen LogP contribution in [0.1, 0.15) is 5.56 Å². The summed E-state index contributed by atoms with van der Waals surface area (Å²) in [4.78, 5) is 12.7. The molecule has 2 aromatic rings. The number of benzene rings is 1. The summed E-state index contributed by atoms with van der Waals surface area (Å²) in [5, 5.41) is 1.14. The van der Waals surface area contributed by atoms with Crippen LogP contribution in [-0.2, 0) is 6.54 Å². The molecule has 1 aromatic carbocycles. The van der Waals surface area contributed by atoms with E-state index >= 15 is 0 Å². The topological polar surface area (TPSA) is 32.3 Å². The summed E-state index contributed by atoms with van der Waals surface area (Å²) in [5.41, 5.74) is 1.38. The summed E-state index contributed by atoms with van der Waals surface area (Å²) >= 11 is 7.65. The van der Waals surface area contributed by atoms with Crippen LogP contribution in [-0.4, -0.2) is 29.9 Å². The van der Waals surface area contributed by atoms with Gasteiger partial charge < -0.3 is 9.80 Å². The number of anilines is 2. The van der Waals surface area contributed by atoms with Gasteiger partial charge in [-0.1, -0.05) is 29.4 Å². The predicted octanol–water partition coefficient (Wildman–Crippen LogP) is 3.40. The molecule has 0 N–H and O–H groups in total. The summed E-state index contributed by atoms with van der Waals surface area (Å²) < 4.78 is 14.1. The van der Waals surface area contributed by atoms with Gasteiger partial charge in [-0.15, -0.1) is 0 Å². The molecule has 2 heterocycles. The van der Waals surface area contributed by atoms with Crippen molar-refractivity contribution in [2.75, 3.05) is 29.8 Å². The number of rotatable bonds is 2. The van der Waals surface area contributed by atoms with Gasteiger partial charge in [-0.3, -0.25) is 0 Å². The van der Waals surface area contributed by atoms with Gasteiger partial charge in [0.25, 0.3) is 0 Å². The van der Waals surface area contributed by atoms with Crippen molar-refractivity contribution in [1.82, 2.24) is 9.97 Å². The number of thioether (sulfide) groups is 1. The zero-order valence-electron chi connectivity index (χ0n) is 11.7. The Balaban J connectivity index is 1.99. The quantitative estimate of drug-likeness (QED) is 0.624. The Morgan fingerprint density at radius 1 is 1.38 bits per heavy atom. The molecule has 0 radical (unpaired) electrons. The first-order chi connectivity index (χ1) is 10.1. The minimum absolute atomic E-state index is 0.319. The number of hydrogen-bond acceptors (Lipinski definition) is 5. The summed E-state index contributed by atoms with van der Waals surface area (Å²) in [5.74, 6) is 0.569. The van der Waals surface area contributed by atoms with Gasteiger partial charge in [0.2, 0.25) is 0 Å². The van der Waals surface area contributed by atoms with Gasteiger partial charge in [-0.05, 0) is 18.4 Å². The highest BCUT2D eigenvalue weighted by Gasteiger charge is 2.25. The molecular formula is C14H14ClFN4S. The summed E-state index contributed by atoms with van der Waals surface area (Å²) in [6.07, 6.45) is 3.74. The zero-order chi connectivity index (χ0) is 15.0. The van der Waals surface area contributed by atoms with Gasteiger partial charge in [0, 0.05) is 18.8 Å². The molecule has 110 valence electrons. The molecule has 3 rings (SSSR count). The maximum absolute atomic E-state index is 14.1. The normalized spacial score (nSPS) is 14.3. The second-order valence-electron chi connectivity index (χ2n) is 4.81. The molecule has 4 nitrogen and oxygen atoms in total. The van der Waals surface area contributed by atoms with Crippen LogP contribution in [0, 0.1) is 5.82 Å². The Labute approximate surface area is 131 Å². The van der Waals surface area contributed by atoms with Crippen molar-refractivity contribution in [3.63, 3.8) is 0 Å². The SMILES string of the molecule is CSc1ncc2c(n1)N(C)CN(c1c(F)cccc1Cl)C2. The summed E-state index contributed by atoms with van der Waals surface area (Å²) in [6, 6.07) is 4.73. The first-order valence-electron chi connectivity index (χ1n) is 6.40. The molecule has 1 aliphatic rings. The molecule has 0 bridgehead atoms. The lowest BCUT2D eigenvalue weighted by molar-refractivity contribution is 0.608. The van der Waals surface area contributed by atoms with E-state index < -0.39 is 0 Å². The summed E-state index contributed by atoms with van der Waals surface area (Å²) in [7, 11) is 1.93. The average molecular weight is 325 g/mol. The van der Waals surface area contributed by atoms with Crippen LogP contribution in [0.15, 0.2) is 29.6 Å².